The standard InChI is InChI=1S/C12H16N2O2S/c1-12(2,3)16-11(15)14-7-4-5-9(14)10-13-6-8-17-10/h4-6,8-9H,7H2,1-3H3. The number of hydrogen-bond acceptors (Lipinski definition) is 4. The molecule has 1 aromatic heterocycles. The van der Waals surface area contributed by atoms with Crippen LogP contribution < -0.4 is 0 Å². The molecule has 92 valence electrons. The fraction of sp³-hybridized carbons (Fsp3) is 0.500. The van der Waals surface area contributed by atoms with Crippen molar-refractivity contribution in [3.63, 3.8) is 0 Å². The maximum atomic E-state index is 12.0. The molecule has 0 bridgehead atoms. The third-order valence-electron chi connectivity index (χ3n) is 2.29. The number of carbonyl (C=O) groups excluding carboxylic acids is 1. The van der Waals surface area contributed by atoms with Gasteiger partial charge in [0.25, 0.3) is 0 Å². The number of hydrogen-bond donors (Lipinski definition) is 0. The van der Waals surface area contributed by atoms with Crippen molar-refractivity contribution in [2.45, 2.75) is 32.4 Å². The second-order valence-electron chi connectivity index (χ2n) is 4.88. The van der Waals surface area contributed by atoms with E-state index in [9.17, 15) is 4.79 Å². The summed E-state index contributed by atoms with van der Waals surface area (Å²) in [6, 6.07) is -0.0788. The average molecular weight is 252 g/mol. The SMILES string of the molecule is CC(C)(C)OC(=O)N1CC=CC1c1nccs1. The highest BCUT2D eigenvalue weighted by molar-refractivity contribution is 7.09. The van der Waals surface area contributed by atoms with Crippen molar-refractivity contribution in [2.24, 2.45) is 0 Å². The molecule has 0 N–H and O–H groups in total. The summed E-state index contributed by atoms with van der Waals surface area (Å²) in [7, 11) is 0. The maximum absolute atomic E-state index is 12.0. The van der Waals surface area contributed by atoms with Gasteiger partial charge < -0.3 is 4.74 Å². The van der Waals surface area contributed by atoms with Crippen LogP contribution in [0.2, 0.25) is 0 Å². The Morgan fingerprint density at radius 2 is 2.35 bits per heavy atom. The van der Waals surface area contributed by atoms with Crippen molar-refractivity contribution >= 4 is 17.4 Å². The van der Waals surface area contributed by atoms with E-state index >= 15 is 0 Å². The Bertz CT molecular complexity index is 420. The Morgan fingerprint density at radius 1 is 1.59 bits per heavy atom. The normalized spacial score (nSPS) is 19.7. The van der Waals surface area contributed by atoms with Crippen molar-refractivity contribution in [1.82, 2.24) is 9.88 Å². The number of thiazole rings is 1. The van der Waals surface area contributed by atoms with Crippen molar-refractivity contribution in [3.05, 3.63) is 28.7 Å². The summed E-state index contributed by atoms with van der Waals surface area (Å²) in [5, 5.41) is 2.83. The van der Waals surface area contributed by atoms with Crippen LogP contribution in [0.3, 0.4) is 0 Å². The zero-order chi connectivity index (χ0) is 12.5. The van der Waals surface area contributed by atoms with Crippen molar-refractivity contribution in [3.8, 4) is 0 Å². The molecule has 4 nitrogen and oxygen atoms in total. The molecule has 0 aliphatic carbocycles. The zero-order valence-corrected chi connectivity index (χ0v) is 11.0. The Balaban J connectivity index is 2.09. The molecule has 17 heavy (non-hydrogen) atoms. The van der Waals surface area contributed by atoms with Crippen LogP contribution in [0.4, 0.5) is 4.79 Å². The minimum Gasteiger partial charge on any atom is -0.444 e. The number of aromatic nitrogens is 1. The van der Waals surface area contributed by atoms with Crippen LogP contribution in [0.5, 0.6) is 0 Å². The highest BCUT2D eigenvalue weighted by atomic mass is 32.1. The van der Waals surface area contributed by atoms with Gasteiger partial charge >= 0.3 is 6.09 Å². The van der Waals surface area contributed by atoms with Gasteiger partial charge in [-0.3, -0.25) is 4.90 Å². The van der Waals surface area contributed by atoms with Crippen LogP contribution in [0.25, 0.3) is 0 Å². The van der Waals surface area contributed by atoms with E-state index in [-0.39, 0.29) is 12.1 Å². The predicted octanol–water partition coefficient (Wildman–Crippen LogP) is 2.99. The average Bonchev–Trinajstić information content (AvgIpc) is 2.85. The molecular formula is C12H16N2O2S. The summed E-state index contributed by atoms with van der Waals surface area (Å²) in [6.45, 7) is 6.19. The Morgan fingerprint density at radius 3 is 2.94 bits per heavy atom. The van der Waals surface area contributed by atoms with Crippen LogP contribution in [-0.4, -0.2) is 28.1 Å². The van der Waals surface area contributed by atoms with Gasteiger partial charge in [-0.05, 0) is 20.8 Å². The third-order valence-corrected chi connectivity index (χ3v) is 3.13. The first-order valence-corrected chi connectivity index (χ1v) is 6.41. The number of nitrogens with zero attached hydrogens (tertiary/aromatic N) is 2. The molecule has 0 saturated carbocycles. The number of amides is 1. The van der Waals surface area contributed by atoms with Gasteiger partial charge in [0.15, 0.2) is 0 Å². The monoisotopic (exact) mass is 252 g/mol. The number of carbonyl (C=O) groups is 1. The molecule has 1 unspecified atom stereocenters. The predicted molar refractivity (Wildman–Crippen MR) is 66.9 cm³/mol. The molecule has 0 aromatic carbocycles. The fourth-order valence-electron chi connectivity index (χ4n) is 1.63. The lowest BCUT2D eigenvalue weighted by molar-refractivity contribution is 0.0240. The second-order valence-corrected chi connectivity index (χ2v) is 5.80. The number of rotatable bonds is 1. The van der Waals surface area contributed by atoms with E-state index < -0.39 is 5.60 Å². The van der Waals surface area contributed by atoms with Gasteiger partial charge in [-0.2, -0.15) is 0 Å². The molecule has 1 aromatic rings. The first kappa shape index (κ1) is 12.1. The molecule has 1 amide bonds. The molecule has 0 saturated heterocycles. The van der Waals surface area contributed by atoms with Crippen molar-refractivity contribution in [1.29, 1.82) is 0 Å². The van der Waals surface area contributed by atoms with Crippen LogP contribution in [0, 0.1) is 0 Å². The maximum Gasteiger partial charge on any atom is 0.411 e. The van der Waals surface area contributed by atoms with E-state index in [1.807, 2.05) is 38.3 Å². The molecule has 0 radical (unpaired) electrons. The van der Waals surface area contributed by atoms with Crippen molar-refractivity contribution < 1.29 is 9.53 Å². The van der Waals surface area contributed by atoms with Gasteiger partial charge in [-0.25, -0.2) is 9.78 Å². The summed E-state index contributed by atoms with van der Waals surface area (Å²) in [5.41, 5.74) is -0.465. The summed E-state index contributed by atoms with van der Waals surface area (Å²) in [6.07, 6.45) is 5.42. The molecule has 1 aliphatic heterocycles. The molecule has 1 aliphatic rings. The molecule has 2 rings (SSSR count). The lowest BCUT2D eigenvalue weighted by Gasteiger charge is -2.27. The Kier molecular flexibility index (Phi) is 3.19. The fourth-order valence-corrected chi connectivity index (χ4v) is 2.35. The van der Waals surface area contributed by atoms with E-state index in [1.165, 1.54) is 0 Å². The Labute approximate surface area is 105 Å². The molecular weight excluding hydrogens is 236 g/mol. The summed E-state index contributed by atoms with van der Waals surface area (Å²) >= 11 is 1.55. The quantitative estimate of drug-likeness (QED) is 0.722. The highest BCUT2D eigenvalue weighted by Gasteiger charge is 2.31. The van der Waals surface area contributed by atoms with Gasteiger partial charge in [-0.15, -0.1) is 11.3 Å². The zero-order valence-electron chi connectivity index (χ0n) is 10.2. The Hall–Kier alpha value is -1.36. The second kappa shape index (κ2) is 4.49. The molecule has 1 atom stereocenters. The van der Waals surface area contributed by atoms with E-state index in [1.54, 1.807) is 22.4 Å². The van der Waals surface area contributed by atoms with E-state index in [0.717, 1.165) is 5.01 Å². The van der Waals surface area contributed by atoms with E-state index in [0.29, 0.717) is 6.54 Å². The first-order valence-electron chi connectivity index (χ1n) is 5.53. The van der Waals surface area contributed by atoms with E-state index in [2.05, 4.69) is 4.98 Å². The van der Waals surface area contributed by atoms with Gasteiger partial charge in [0, 0.05) is 18.1 Å². The van der Waals surface area contributed by atoms with Crippen LogP contribution in [-0.2, 0) is 4.74 Å². The molecule has 2 heterocycles. The largest absolute Gasteiger partial charge is 0.444 e. The molecule has 0 spiro atoms. The summed E-state index contributed by atoms with van der Waals surface area (Å²) < 4.78 is 5.37. The summed E-state index contributed by atoms with van der Waals surface area (Å²) in [5.74, 6) is 0. The van der Waals surface area contributed by atoms with Crippen LogP contribution in [0.15, 0.2) is 23.7 Å². The third kappa shape index (κ3) is 2.85. The van der Waals surface area contributed by atoms with Gasteiger partial charge in [0.1, 0.15) is 16.7 Å². The molecule has 0 fully saturated rings. The smallest absolute Gasteiger partial charge is 0.411 e. The van der Waals surface area contributed by atoms with Crippen LogP contribution >= 0.6 is 11.3 Å². The first-order chi connectivity index (χ1) is 7.97. The van der Waals surface area contributed by atoms with Crippen molar-refractivity contribution in [2.75, 3.05) is 6.54 Å². The van der Waals surface area contributed by atoms with Gasteiger partial charge in [-0.1, -0.05) is 12.2 Å². The topological polar surface area (TPSA) is 42.4 Å². The highest BCUT2D eigenvalue weighted by Crippen LogP contribution is 2.29. The summed E-state index contributed by atoms with van der Waals surface area (Å²) in [4.78, 5) is 17.9. The lowest BCUT2D eigenvalue weighted by atomic mass is 10.2. The van der Waals surface area contributed by atoms with Gasteiger partial charge in [0.2, 0.25) is 0 Å². The van der Waals surface area contributed by atoms with Crippen LogP contribution in [0.1, 0.15) is 31.8 Å². The minimum absolute atomic E-state index is 0.0788. The van der Waals surface area contributed by atoms with E-state index in [4.69, 9.17) is 4.74 Å². The number of ether oxygens (including phenoxy) is 1. The molecule has 5 heteroatoms. The van der Waals surface area contributed by atoms with Gasteiger partial charge in [0.05, 0.1) is 0 Å². The minimum atomic E-state index is -0.465. The lowest BCUT2D eigenvalue weighted by Crippen LogP contribution is -2.36.